The number of azo groups is 1. The summed E-state index contributed by atoms with van der Waals surface area (Å²) in [5, 5.41) is 8.76. The van der Waals surface area contributed by atoms with E-state index in [4.69, 9.17) is 9.47 Å². The Hall–Kier alpha value is -2.01. The minimum Gasteiger partial charge on any atom is -0.497 e. The first kappa shape index (κ1) is 16.4. The Balaban J connectivity index is 2.41. The molecule has 0 N–H and O–H groups in total. The van der Waals surface area contributed by atoms with Crippen LogP contribution in [0.4, 0.5) is 11.4 Å². The number of aryl methyl sites for hydroxylation is 2. The van der Waals surface area contributed by atoms with Gasteiger partial charge in [0.1, 0.15) is 17.2 Å². The number of methoxy groups -OCH3 is 2. The molecule has 0 aliphatic carbocycles. The van der Waals surface area contributed by atoms with Crippen molar-refractivity contribution in [3.63, 3.8) is 0 Å². The standard InChI is InChI=1S/C17H20N2O2S/c1-11-8-12(2)17(22-5)15(9-11)19-18-14-7-6-13(20-3)10-16(14)21-4/h6-10H,1-5H3. The molecule has 2 rings (SSSR count). The molecule has 0 aromatic heterocycles. The van der Waals surface area contributed by atoms with Crippen molar-refractivity contribution >= 4 is 23.1 Å². The van der Waals surface area contributed by atoms with E-state index in [2.05, 4.69) is 30.1 Å². The number of nitrogens with zero attached hydrogens (tertiary/aromatic N) is 2. The molecule has 0 heterocycles. The highest BCUT2D eigenvalue weighted by atomic mass is 32.2. The quantitative estimate of drug-likeness (QED) is 0.543. The van der Waals surface area contributed by atoms with Crippen LogP contribution in [0, 0.1) is 13.8 Å². The van der Waals surface area contributed by atoms with Crippen LogP contribution in [0.25, 0.3) is 0 Å². The average molecular weight is 316 g/mol. The predicted molar refractivity (Wildman–Crippen MR) is 91.4 cm³/mol. The fourth-order valence-corrected chi connectivity index (χ4v) is 2.94. The smallest absolute Gasteiger partial charge is 0.150 e. The lowest BCUT2D eigenvalue weighted by molar-refractivity contribution is 0.395. The van der Waals surface area contributed by atoms with E-state index < -0.39 is 0 Å². The van der Waals surface area contributed by atoms with E-state index in [-0.39, 0.29) is 0 Å². The first-order valence-electron chi connectivity index (χ1n) is 6.88. The minimum atomic E-state index is 0.637. The van der Waals surface area contributed by atoms with Gasteiger partial charge in [0.2, 0.25) is 0 Å². The Morgan fingerprint density at radius 3 is 2.27 bits per heavy atom. The van der Waals surface area contributed by atoms with Gasteiger partial charge in [-0.15, -0.1) is 22.0 Å². The molecule has 0 bridgehead atoms. The Morgan fingerprint density at radius 2 is 1.64 bits per heavy atom. The highest BCUT2D eigenvalue weighted by Gasteiger charge is 2.07. The van der Waals surface area contributed by atoms with Gasteiger partial charge in [-0.1, -0.05) is 6.07 Å². The molecule has 116 valence electrons. The maximum atomic E-state index is 5.34. The first-order chi connectivity index (χ1) is 10.6. The second-order valence-electron chi connectivity index (χ2n) is 4.87. The van der Waals surface area contributed by atoms with Crippen LogP contribution in [0.1, 0.15) is 11.1 Å². The van der Waals surface area contributed by atoms with Gasteiger partial charge >= 0.3 is 0 Å². The molecule has 2 aromatic rings. The molecule has 22 heavy (non-hydrogen) atoms. The zero-order chi connectivity index (χ0) is 16.1. The van der Waals surface area contributed by atoms with Crippen LogP contribution < -0.4 is 9.47 Å². The van der Waals surface area contributed by atoms with Gasteiger partial charge in [-0.05, 0) is 49.4 Å². The molecule has 0 radical (unpaired) electrons. The van der Waals surface area contributed by atoms with E-state index in [9.17, 15) is 0 Å². The SMILES string of the molecule is COc1ccc(N=Nc2cc(C)cc(C)c2SC)c(OC)c1. The first-order valence-corrected chi connectivity index (χ1v) is 8.10. The summed E-state index contributed by atoms with van der Waals surface area (Å²) < 4.78 is 10.5. The van der Waals surface area contributed by atoms with E-state index >= 15 is 0 Å². The Kier molecular flexibility index (Phi) is 5.44. The van der Waals surface area contributed by atoms with Gasteiger partial charge in [0.25, 0.3) is 0 Å². The highest BCUT2D eigenvalue weighted by Crippen LogP contribution is 2.36. The molecular formula is C17H20N2O2S. The number of ether oxygens (including phenoxy) is 2. The van der Waals surface area contributed by atoms with Crippen molar-refractivity contribution in [3.8, 4) is 11.5 Å². The molecule has 0 saturated heterocycles. The van der Waals surface area contributed by atoms with Crippen molar-refractivity contribution in [2.24, 2.45) is 10.2 Å². The van der Waals surface area contributed by atoms with Crippen LogP contribution in [0.15, 0.2) is 45.5 Å². The Morgan fingerprint density at radius 1 is 0.909 bits per heavy atom. The molecule has 0 aliphatic rings. The van der Waals surface area contributed by atoms with E-state index in [1.807, 2.05) is 24.5 Å². The van der Waals surface area contributed by atoms with E-state index in [1.165, 1.54) is 11.1 Å². The fraction of sp³-hybridized carbons (Fsp3) is 0.294. The van der Waals surface area contributed by atoms with Gasteiger partial charge in [0.05, 0.1) is 19.9 Å². The topological polar surface area (TPSA) is 43.2 Å². The lowest BCUT2D eigenvalue weighted by Gasteiger charge is -2.08. The lowest BCUT2D eigenvalue weighted by Crippen LogP contribution is -1.87. The average Bonchev–Trinajstić information content (AvgIpc) is 2.52. The summed E-state index contributed by atoms with van der Waals surface area (Å²) in [7, 11) is 3.23. The third-order valence-corrected chi connectivity index (χ3v) is 4.20. The number of benzene rings is 2. The predicted octanol–water partition coefficient (Wildman–Crippen LogP) is 5.46. The molecule has 2 aromatic carbocycles. The second kappa shape index (κ2) is 7.31. The van der Waals surface area contributed by atoms with Crippen LogP contribution in [-0.2, 0) is 0 Å². The van der Waals surface area contributed by atoms with Crippen molar-refractivity contribution in [2.75, 3.05) is 20.5 Å². The zero-order valence-corrected chi connectivity index (χ0v) is 14.3. The van der Waals surface area contributed by atoms with Crippen molar-refractivity contribution in [3.05, 3.63) is 41.5 Å². The Bertz CT molecular complexity index is 699. The summed E-state index contributed by atoms with van der Waals surface area (Å²) >= 11 is 1.68. The summed E-state index contributed by atoms with van der Waals surface area (Å²) in [4.78, 5) is 1.14. The molecule has 0 aliphatic heterocycles. The second-order valence-corrected chi connectivity index (χ2v) is 5.69. The van der Waals surface area contributed by atoms with Gasteiger partial charge in [-0.3, -0.25) is 0 Å². The van der Waals surface area contributed by atoms with Crippen LogP contribution in [0.5, 0.6) is 11.5 Å². The van der Waals surface area contributed by atoms with Gasteiger partial charge in [0, 0.05) is 11.0 Å². The largest absolute Gasteiger partial charge is 0.497 e. The van der Waals surface area contributed by atoms with Crippen LogP contribution in [0.3, 0.4) is 0 Å². The van der Waals surface area contributed by atoms with Crippen molar-refractivity contribution in [1.29, 1.82) is 0 Å². The van der Waals surface area contributed by atoms with E-state index in [0.717, 1.165) is 16.3 Å². The molecule has 5 heteroatoms. The molecule has 0 fully saturated rings. The molecule has 0 amide bonds. The molecule has 0 saturated carbocycles. The molecule has 4 nitrogen and oxygen atoms in total. The number of rotatable bonds is 5. The van der Waals surface area contributed by atoms with Gasteiger partial charge in [-0.2, -0.15) is 0 Å². The van der Waals surface area contributed by atoms with Crippen molar-refractivity contribution in [2.45, 2.75) is 18.7 Å². The van der Waals surface area contributed by atoms with Crippen LogP contribution in [0.2, 0.25) is 0 Å². The minimum absolute atomic E-state index is 0.637. The summed E-state index contributed by atoms with van der Waals surface area (Å²) in [6.07, 6.45) is 2.05. The third kappa shape index (κ3) is 3.60. The van der Waals surface area contributed by atoms with Crippen LogP contribution in [-0.4, -0.2) is 20.5 Å². The molecule has 0 spiro atoms. The zero-order valence-electron chi connectivity index (χ0n) is 13.5. The maximum Gasteiger partial charge on any atom is 0.150 e. The summed E-state index contributed by atoms with van der Waals surface area (Å²) in [6.45, 7) is 4.15. The number of hydrogen-bond donors (Lipinski definition) is 0. The van der Waals surface area contributed by atoms with E-state index in [1.54, 1.807) is 32.0 Å². The molecular weight excluding hydrogens is 296 g/mol. The summed E-state index contributed by atoms with van der Waals surface area (Å²) in [5.41, 5.74) is 3.94. The lowest BCUT2D eigenvalue weighted by atomic mass is 10.1. The number of thioether (sulfide) groups is 1. The Labute approximate surface area is 135 Å². The van der Waals surface area contributed by atoms with E-state index in [0.29, 0.717) is 11.4 Å². The maximum absolute atomic E-state index is 5.34. The van der Waals surface area contributed by atoms with Gasteiger partial charge < -0.3 is 9.47 Å². The highest BCUT2D eigenvalue weighted by molar-refractivity contribution is 7.98. The van der Waals surface area contributed by atoms with Crippen LogP contribution >= 0.6 is 11.8 Å². The summed E-state index contributed by atoms with van der Waals surface area (Å²) in [5.74, 6) is 1.37. The third-order valence-electron chi connectivity index (χ3n) is 3.26. The fourth-order valence-electron chi connectivity index (χ4n) is 2.25. The monoisotopic (exact) mass is 316 g/mol. The van der Waals surface area contributed by atoms with Gasteiger partial charge in [0.15, 0.2) is 0 Å². The molecule has 0 unspecified atom stereocenters. The summed E-state index contributed by atoms with van der Waals surface area (Å²) in [6, 6.07) is 9.67. The molecule has 0 atom stereocenters. The van der Waals surface area contributed by atoms with Crippen molar-refractivity contribution < 1.29 is 9.47 Å². The van der Waals surface area contributed by atoms with Gasteiger partial charge in [-0.25, -0.2) is 0 Å². The number of hydrogen-bond acceptors (Lipinski definition) is 5. The normalized spacial score (nSPS) is 11.0. The van der Waals surface area contributed by atoms with Crippen molar-refractivity contribution in [1.82, 2.24) is 0 Å².